The van der Waals surface area contributed by atoms with Crippen molar-refractivity contribution in [3.05, 3.63) is 68.2 Å². The van der Waals surface area contributed by atoms with Crippen LogP contribution in [0.3, 0.4) is 0 Å². The van der Waals surface area contributed by atoms with Crippen LogP contribution in [-0.4, -0.2) is 27.9 Å². The lowest BCUT2D eigenvalue weighted by Gasteiger charge is -2.16. The molecule has 0 bridgehead atoms. The van der Waals surface area contributed by atoms with Gasteiger partial charge in [-0.05, 0) is 35.7 Å². The van der Waals surface area contributed by atoms with Crippen molar-refractivity contribution in [3.63, 3.8) is 0 Å². The summed E-state index contributed by atoms with van der Waals surface area (Å²) in [5.41, 5.74) is -1.34. The summed E-state index contributed by atoms with van der Waals surface area (Å²) in [6, 6.07) is 5.98. The molecule has 3 N–H and O–H groups in total. The van der Waals surface area contributed by atoms with Gasteiger partial charge < -0.3 is 5.11 Å². The zero-order valence-electron chi connectivity index (χ0n) is 15.3. The molecule has 0 radical (unpaired) electrons. The smallest absolute Gasteiger partial charge is 0.337 e. The van der Waals surface area contributed by atoms with Crippen molar-refractivity contribution in [2.45, 2.75) is 9.10 Å². The number of aromatic carboxylic acids is 1. The van der Waals surface area contributed by atoms with Gasteiger partial charge in [0.25, 0.3) is 20.0 Å². The number of sulfonamides is 2. The van der Waals surface area contributed by atoms with Gasteiger partial charge in [-0.1, -0.05) is 40.9 Å². The van der Waals surface area contributed by atoms with Crippen molar-refractivity contribution in [1.82, 2.24) is 0 Å². The third kappa shape index (κ3) is 5.11. The van der Waals surface area contributed by atoms with E-state index in [2.05, 4.69) is 4.72 Å². The zero-order chi connectivity index (χ0) is 23.8. The summed E-state index contributed by atoms with van der Waals surface area (Å²) in [4.78, 5) is 10.2. The molecule has 32 heavy (non-hydrogen) atoms. The molecular weight excluding hydrogens is 550 g/mol. The molecule has 3 rings (SSSR count). The average molecular weight is 560 g/mol. The number of thiophene rings is 1. The van der Waals surface area contributed by atoms with Crippen LogP contribution in [0, 0.1) is 5.82 Å². The minimum atomic E-state index is -4.76. The van der Waals surface area contributed by atoms with Crippen LogP contribution in [0.1, 0.15) is 10.4 Å². The fraction of sp³-hybridized carbons (Fsp3) is 0. The van der Waals surface area contributed by atoms with E-state index in [-0.39, 0.29) is 25.6 Å². The molecule has 0 aliphatic carbocycles. The van der Waals surface area contributed by atoms with Gasteiger partial charge in [-0.2, -0.15) is 0 Å². The normalized spacial score (nSPS) is 11.9. The highest BCUT2D eigenvalue weighted by atomic mass is 35.5. The van der Waals surface area contributed by atoms with E-state index in [9.17, 15) is 26.0 Å². The number of hydrogen-bond donors (Lipinski definition) is 3. The fourth-order valence-electron chi connectivity index (χ4n) is 2.43. The van der Waals surface area contributed by atoms with Crippen molar-refractivity contribution in [2.75, 3.05) is 9.44 Å². The summed E-state index contributed by atoms with van der Waals surface area (Å²) in [5, 5.41) is 9.93. The molecule has 1 heterocycles. The largest absolute Gasteiger partial charge is 0.478 e. The second kappa shape index (κ2) is 9.04. The van der Waals surface area contributed by atoms with Gasteiger partial charge >= 0.3 is 5.97 Å². The third-order valence-corrected chi connectivity index (χ3v) is 9.03. The molecular formula is C17H10Cl3FN2O6S3. The minimum Gasteiger partial charge on any atom is -0.478 e. The number of rotatable bonds is 7. The van der Waals surface area contributed by atoms with Crippen molar-refractivity contribution < 1.29 is 31.1 Å². The number of halogens is 4. The molecule has 2 aromatic carbocycles. The Hall–Kier alpha value is -2.09. The van der Waals surface area contributed by atoms with E-state index in [0.717, 1.165) is 23.5 Å². The summed E-state index contributed by atoms with van der Waals surface area (Å²) < 4.78 is 69.2. The molecule has 0 atom stereocenters. The maximum Gasteiger partial charge on any atom is 0.337 e. The number of hydrogen-bond acceptors (Lipinski definition) is 6. The quantitative estimate of drug-likeness (QED) is 0.367. The SMILES string of the molecule is O=C(O)c1cc(S(=O)(=O)Nc2cc(Cl)c(Cl)cc2NS(=O)(=O)c2cccs2)c(F)cc1Cl. The highest BCUT2D eigenvalue weighted by Crippen LogP contribution is 2.36. The minimum absolute atomic E-state index is 0.0628. The summed E-state index contributed by atoms with van der Waals surface area (Å²) in [6.45, 7) is 0. The molecule has 0 unspecified atom stereocenters. The highest BCUT2D eigenvalue weighted by Gasteiger charge is 2.26. The lowest BCUT2D eigenvalue weighted by atomic mass is 10.2. The molecule has 0 spiro atoms. The number of carbonyl (C=O) groups is 1. The number of carboxylic acids is 1. The third-order valence-electron chi connectivity index (χ3n) is 3.85. The van der Waals surface area contributed by atoms with E-state index in [1.165, 1.54) is 17.5 Å². The van der Waals surface area contributed by atoms with E-state index in [1.54, 1.807) is 0 Å². The first-order valence-electron chi connectivity index (χ1n) is 8.12. The van der Waals surface area contributed by atoms with Crippen LogP contribution >= 0.6 is 46.1 Å². The van der Waals surface area contributed by atoms with Gasteiger partial charge in [0.2, 0.25) is 0 Å². The first-order chi connectivity index (χ1) is 14.8. The van der Waals surface area contributed by atoms with Gasteiger partial charge in [-0.3, -0.25) is 9.44 Å². The number of anilines is 2. The van der Waals surface area contributed by atoms with Gasteiger partial charge in [-0.15, -0.1) is 11.3 Å². The molecule has 0 amide bonds. The molecule has 0 aliphatic rings. The molecule has 0 saturated carbocycles. The van der Waals surface area contributed by atoms with Gasteiger partial charge in [0.05, 0.1) is 32.0 Å². The van der Waals surface area contributed by atoms with Gasteiger partial charge in [0.15, 0.2) is 0 Å². The summed E-state index contributed by atoms with van der Waals surface area (Å²) in [7, 11) is -8.87. The Morgan fingerprint density at radius 3 is 1.97 bits per heavy atom. The Bertz CT molecular complexity index is 1430. The standard InChI is InChI=1S/C17H10Cl3FN2O6S3/c18-9-5-12(21)15(4-8(9)17(24)25)31(26,27)22-13-6-10(19)11(20)7-14(13)23-32(28,29)16-2-1-3-30-16/h1-7,22-23H,(H,24,25). The van der Waals surface area contributed by atoms with Gasteiger partial charge in [0.1, 0.15) is 14.9 Å². The second-order valence-electron chi connectivity index (χ2n) is 6.02. The molecule has 0 aliphatic heterocycles. The molecule has 15 heteroatoms. The van der Waals surface area contributed by atoms with Crippen molar-refractivity contribution in [3.8, 4) is 0 Å². The topological polar surface area (TPSA) is 130 Å². The van der Waals surface area contributed by atoms with E-state index in [0.29, 0.717) is 12.1 Å². The van der Waals surface area contributed by atoms with Crippen LogP contribution < -0.4 is 9.44 Å². The maximum atomic E-state index is 14.3. The van der Waals surface area contributed by atoms with Gasteiger partial charge in [0, 0.05) is 0 Å². The Morgan fingerprint density at radius 2 is 1.47 bits per heavy atom. The first kappa shape index (κ1) is 24.6. The Labute approximate surface area is 200 Å². The second-order valence-corrected chi connectivity index (χ2v) is 11.8. The molecule has 3 aromatic rings. The molecule has 170 valence electrons. The fourth-order valence-corrected chi connectivity index (χ4v) is 6.20. The van der Waals surface area contributed by atoms with E-state index >= 15 is 0 Å². The Morgan fingerprint density at radius 1 is 0.906 bits per heavy atom. The maximum absolute atomic E-state index is 14.3. The average Bonchev–Trinajstić information content (AvgIpc) is 3.20. The van der Waals surface area contributed by atoms with Gasteiger partial charge in [-0.25, -0.2) is 26.0 Å². The molecule has 1 aromatic heterocycles. The summed E-state index contributed by atoms with van der Waals surface area (Å²) in [5.74, 6) is -2.90. The highest BCUT2D eigenvalue weighted by molar-refractivity contribution is 7.94. The summed E-state index contributed by atoms with van der Waals surface area (Å²) >= 11 is 18.4. The van der Waals surface area contributed by atoms with E-state index in [4.69, 9.17) is 39.9 Å². The van der Waals surface area contributed by atoms with Crippen LogP contribution in [0.4, 0.5) is 15.8 Å². The van der Waals surface area contributed by atoms with Crippen LogP contribution in [0.5, 0.6) is 0 Å². The van der Waals surface area contributed by atoms with Crippen molar-refractivity contribution in [2.24, 2.45) is 0 Å². The Kier molecular flexibility index (Phi) is 6.94. The Balaban J connectivity index is 2.08. The van der Waals surface area contributed by atoms with Crippen molar-refractivity contribution >= 4 is 83.5 Å². The lowest BCUT2D eigenvalue weighted by Crippen LogP contribution is -2.18. The molecule has 0 saturated heterocycles. The van der Waals surface area contributed by atoms with Crippen molar-refractivity contribution in [1.29, 1.82) is 0 Å². The monoisotopic (exact) mass is 558 g/mol. The van der Waals surface area contributed by atoms with Crippen LogP contribution in [-0.2, 0) is 20.0 Å². The van der Waals surface area contributed by atoms with E-state index in [1.807, 2.05) is 4.72 Å². The lowest BCUT2D eigenvalue weighted by molar-refractivity contribution is 0.0696. The van der Waals surface area contributed by atoms with Crippen LogP contribution in [0.15, 0.2) is 50.9 Å². The van der Waals surface area contributed by atoms with Crippen LogP contribution in [0.25, 0.3) is 0 Å². The van der Waals surface area contributed by atoms with Crippen LogP contribution in [0.2, 0.25) is 15.1 Å². The predicted octanol–water partition coefficient (Wildman–Crippen LogP) is 5.15. The number of carboxylic acid groups (broad SMARTS) is 1. The van der Waals surface area contributed by atoms with E-state index < -0.39 is 47.3 Å². The predicted molar refractivity (Wildman–Crippen MR) is 121 cm³/mol. The summed E-state index contributed by atoms with van der Waals surface area (Å²) in [6.07, 6.45) is 0. The number of nitrogens with one attached hydrogen (secondary N) is 2. The molecule has 8 nitrogen and oxygen atoms in total. The number of benzene rings is 2. The first-order valence-corrected chi connectivity index (χ1v) is 13.1. The zero-order valence-corrected chi connectivity index (χ0v) is 20.0. The molecule has 0 fully saturated rings.